The molecule has 1 aliphatic rings. The summed E-state index contributed by atoms with van der Waals surface area (Å²) in [7, 11) is 1.50. The van der Waals surface area contributed by atoms with Crippen molar-refractivity contribution >= 4 is 53.9 Å². The van der Waals surface area contributed by atoms with E-state index in [-0.39, 0.29) is 43.5 Å². The number of hydrogen-bond donors (Lipinski definition) is 4. The van der Waals surface area contributed by atoms with Crippen molar-refractivity contribution < 1.29 is 24.0 Å². The number of rotatable bonds is 12. The first-order chi connectivity index (χ1) is 15.8. The first-order valence-electron chi connectivity index (χ1n) is 10.6. The predicted octanol–water partition coefficient (Wildman–Crippen LogP) is 0.145. The SMILES string of the molecule is CNC(=O)[C@H](Cc1ccccc1)NC(=O)[C@H](CSC)NC(=O)C(S)CCN1C(=O)CCC1=O. The first kappa shape index (κ1) is 26.7. The van der Waals surface area contributed by atoms with Gasteiger partial charge in [-0.05, 0) is 18.2 Å². The van der Waals surface area contributed by atoms with Crippen molar-refractivity contribution in [2.45, 2.75) is 43.0 Å². The van der Waals surface area contributed by atoms with Gasteiger partial charge in [-0.25, -0.2) is 0 Å². The highest BCUT2D eigenvalue weighted by Crippen LogP contribution is 2.14. The Labute approximate surface area is 203 Å². The fraction of sp³-hybridized carbons (Fsp3) is 0.500. The minimum absolute atomic E-state index is 0.106. The van der Waals surface area contributed by atoms with Gasteiger partial charge >= 0.3 is 0 Å². The molecule has 0 radical (unpaired) electrons. The van der Waals surface area contributed by atoms with Crippen LogP contribution in [0.2, 0.25) is 0 Å². The summed E-state index contributed by atoms with van der Waals surface area (Å²) in [4.78, 5) is 62.5. The molecule has 3 atom stereocenters. The van der Waals surface area contributed by atoms with Crippen molar-refractivity contribution in [3.63, 3.8) is 0 Å². The normalized spacial score (nSPS) is 16.2. The summed E-state index contributed by atoms with van der Waals surface area (Å²) >= 11 is 5.66. The number of benzene rings is 1. The lowest BCUT2D eigenvalue weighted by Crippen LogP contribution is -2.55. The molecule has 180 valence electrons. The van der Waals surface area contributed by atoms with E-state index in [1.165, 1.54) is 18.8 Å². The molecule has 0 spiro atoms. The van der Waals surface area contributed by atoms with Crippen LogP contribution in [0.5, 0.6) is 0 Å². The Morgan fingerprint density at radius 3 is 2.18 bits per heavy atom. The van der Waals surface area contributed by atoms with E-state index in [1.54, 1.807) is 6.26 Å². The standard InChI is InChI=1S/C22H30N4O5S2/c1-23-20(29)15(12-14-6-4-3-5-7-14)24-21(30)16(13-33-2)25-22(31)17(32)10-11-26-18(27)8-9-19(26)28/h3-7,15-17,32H,8-13H2,1-2H3,(H,23,29)(H,24,30)(H,25,31)/t15-,16-,17?/m0/s1. The first-order valence-corrected chi connectivity index (χ1v) is 12.5. The Morgan fingerprint density at radius 1 is 1.00 bits per heavy atom. The van der Waals surface area contributed by atoms with Crippen molar-refractivity contribution in [1.82, 2.24) is 20.9 Å². The van der Waals surface area contributed by atoms with E-state index in [0.717, 1.165) is 10.5 Å². The lowest BCUT2D eigenvalue weighted by atomic mass is 10.0. The Hall–Kier alpha value is -2.53. The summed E-state index contributed by atoms with van der Waals surface area (Å²) in [6.07, 6.45) is 2.66. The molecule has 11 heteroatoms. The minimum atomic E-state index is -0.875. The second kappa shape index (κ2) is 13.2. The summed E-state index contributed by atoms with van der Waals surface area (Å²) < 4.78 is 0. The van der Waals surface area contributed by atoms with Gasteiger partial charge in [-0.2, -0.15) is 24.4 Å². The zero-order valence-corrected chi connectivity index (χ0v) is 20.4. The summed E-state index contributed by atoms with van der Waals surface area (Å²) in [5, 5.41) is 7.16. The van der Waals surface area contributed by atoms with Gasteiger partial charge in [-0.15, -0.1) is 0 Å². The minimum Gasteiger partial charge on any atom is -0.357 e. The number of thioether (sulfide) groups is 1. The van der Waals surface area contributed by atoms with Crippen molar-refractivity contribution in [1.29, 1.82) is 0 Å². The van der Waals surface area contributed by atoms with Gasteiger partial charge in [0.15, 0.2) is 0 Å². The van der Waals surface area contributed by atoms with Gasteiger partial charge in [-0.3, -0.25) is 28.9 Å². The van der Waals surface area contributed by atoms with Crippen LogP contribution in [-0.4, -0.2) is 77.4 Å². The molecule has 33 heavy (non-hydrogen) atoms. The third kappa shape index (κ3) is 8.08. The van der Waals surface area contributed by atoms with Crippen molar-refractivity contribution in [2.75, 3.05) is 25.6 Å². The average molecular weight is 495 g/mol. The molecule has 1 aliphatic heterocycles. The zero-order valence-electron chi connectivity index (χ0n) is 18.7. The highest BCUT2D eigenvalue weighted by molar-refractivity contribution is 7.98. The molecule has 0 bridgehead atoms. The molecule has 5 amide bonds. The van der Waals surface area contributed by atoms with Gasteiger partial charge in [0.2, 0.25) is 29.5 Å². The fourth-order valence-electron chi connectivity index (χ4n) is 3.38. The number of nitrogens with zero attached hydrogens (tertiary/aromatic N) is 1. The van der Waals surface area contributed by atoms with E-state index in [2.05, 4.69) is 28.6 Å². The predicted molar refractivity (Wildman–Crippen MR) is 130 cm³/mol. The maximum absolute atomic E-state index is 12.9. The van der Waals surface area contributed by atoms with Gasteiger partial charge in [0.25, 0.3) is 0 Å². The number of carbonyl (C=O) groups is 5. The second-order valence-electron chi connectivity index (χ2n) is 7.63. The second-order valence-corrected chi connectivity index (χ2v) is 9.16. The van der Waals surface area contributed by atoms with Crippen LogP contribution in [0.3, 0.4) is 0 Å². The number of carbonyl (C=O) groups excluding carboxylic acids is 5. The van der Waals surface area contributed by atoms with Gasteiger partial charge in [0, 0.05) is 38.6 Å². The fourth-order valence-corrected chi connectivity index (χ4v) is 4.14. The molecule has 0 aliphatic carbocycles. The van der Waals surface area contributed by atoms with E-state index in [1.807, 2.05) is 30.3 Å². The topological polar surface area (TPSA) is 125 Å². The number of likely N-dealkylation sites (tertiary alicyclic amines) is 1. The van der Waals surface area contributed by atoms with Gasteiger partial charge in [0.05, 0.1) is 5.25 Å². The van der Waals surface area contributed by atoms with Crippen molar-refractivity contribution in [2.24, 2.45) is 0 Å². The molecule has 1 heterocycles. The van der Waals surface area contributed by atoms with Crippen LogP contribution in [-0.2, 0) is 30.4 Å². The van der Waals surface area contributed by atoms with Crippen molar-refractivity contribution in [3.8, 4) is 0 Å². The smallest absolute Gasteiger partial charge is 0.244 e. The lowest BCUT2D eigenvalue weighted by Gasteiger charge is -2.24. The molecular formula is C22H30N4O5S2. The van der Waals surface area contributed by atoms with E-state index in [9.17, 15) is 24.0 Å². The number of imide groups is 1. The largest absolute Gasteiger partial charge is 0.357 e. The average Bonchev–Trinajstić information content (AvgIpc) is 3.13. The van der Waals surface area contributed by atoms with Crippen LogP contribution in [0.4, 0.5) is 0 Å². The highest BCUT2D eigenvalue weighted by Gasteiger charge is 2.31. The number of hydrogen-bond acceptors (Lipinski definition) is 7. The Kier molecular flexibility index (Phi) is 10.7. The Bertz CT molecular complexity index is 852. The molecule has 3 N–H and O–H groups in total. The van der Waals surface area contributed by atoms with Crippen LogP contribution < -0.4 is 16.0 Å². The van der Waals surface area contributed by atoms with Crippen LogP contribution in [0.15, 0.2) is 30.3 Å². The quantitative estimate of drug-likeness (QED) is 0.242. The van der Waals surface area contributed by atoms with E-state index < -0.39 is 29.1 Å². The molecule has 1 fully saturated rings. The molecule has 1 aromatic rings. The Balaban J connectivity index is 1.97. The van der Waals surface area contributed by atoms with Gasteiger partial charge < -0.3 is 16.0 Å². The third-order valence-electron chi connectivity index (χ3n) is 5.21. The third-order valence-corrected chi connectivity index (χ3v) is 6.37. The molecule has 0 aromatic heterocycles. The zero-order chi connectivity index (χ0) is 24.4. The van der Waals surface area contributed by atoms with E-state index >= 15 is 0 Å². The summed E-state index contributed by atoms with van der Waals surface area (Å²) in [5.74, 6) is -1.50. The lowest BCUT2D eigenvalue weighted by molar-refractivity contribution is -0.138. The molecule has 1 saturated heterocycles. The maximum Gasteiger partial charge on any atom is 0.244 e. The maximum atomic E-state index is 12.9. The summed E-state index contributed by atoms with van der Waals surface area (Å²) in [6.45, 7) is 0.106. The van der Waals surface area contributed by atoms with Crippen LogP contribution in [0.1, 0.15) is 24.8 Å². The molecule has 2 rings (SSSR count). The summed E-state index contributed by atoms with van der Waals surface area (Å²) in [6, 6.07) is 7.63. The molecule has 1 unspecified atom stereocenters. The highest BCUT2D eigenvalue weighted by atomic mass is 32.2. The van der Waals surface area contributed by atoms with E-state index in [0.29, 0.717) is 12.2 Å². The van der Waals surface area contributed by atoms with Crippen molar-refractivity contribution in [3.05, 3.63) is 35.9 Å². The van der Waals surface area contributed by atoms with Crippen LogP contribution in [0.25, 0.3) is 0 Å². The van der Waals surface area contributed by atoms with Crippen LogP contribution in [0, 0.1) is 0 Å². The van der Waals surface area contributed by atoms with E-state index in [4.69, 9.17) is 0 Å². The van der Waals surface area contributed by atoms with Crippen LogP contribution >= 0.6 is 24.4 Å². The number of likely N-dealkylation sites (N-methyl/N-ethyl adjacent to an activating group) is 1. The van der Waals surface area contributed by atoms with Gasteiger partial charge in [-0.1, -0.05) is 30.3 Å². The number of amides is 5. The molecule has 9 nitrogen and oxygen atoms in total. The van der Waals surface area contributed by atoms with Gasteiger partial charge in [0.1, 0.15) is 12.1 Å². The molecular weight excluding hydrogens is 464 g/mol. The number of nitrogens with one attached hydrogen (secondary N) is 3. The molecule has 0 saturated carbocycles. The monoisotopic (exact) mass is 494 g/mol. The molecule has 1 aromatic carbocycles. The summed E-state index contributed by atoms with van der Waals surface area (Å²) in [5.41, 5.74) is 0.887. The number of thiol groups is 1. The Morgan fingerprint density at radius 2 is 1.61 bits per heavy atom.